The molecule has 2 aliphatic heterocycles. The Morgan fingerprint density at radius 2 is 1.60 bits per heavy atom. The summed E-state index contributed by atoms with van der Waals surface area (Å²) >= 11 is 1.08. The molecule has 1 aromatic heterocycles. The van der Waals surface area contributed by atoms with Crippen molar-refractivity contribution in [1.82, 2.24) is 4.98 Å². The Balaban J connectivity index is 1.59. The van der Waals surface area contributed by atoms with Crippen LogP contribution >= 0.6 is 11.8 Å². The fourth-order valence-corrected chi connectivity index (χ4v) is 4.04. The van der Waals surface area contributed by atoms with Crippen LogP contribution in [0, 0.1) is 0 Å². The van der Waals surface area contributed by atoms with Gasteiger partial charge in [-0.15, -0.1) is 0 Å². The molecule has 1 N–H and O–H groups in total. The summed E-state index contributed by atoms with van der Waals surface area (Å²) in [7, 11) is 0. The Morgan fingerprint density at radius 3 is 2.23 bits per heavy atom. The summed E-state index contributed by atoms with van der Waals surface area (Å²) < 4.78 is 27.8. The molecule has 0 amide bonds. The minimum absolute atomic E-state index is 0.169. The minimum Gasteiger partial charge on any atom is -0.480 e. The summed E-state index contributed by atoms with van der Waals surface area (Å²) in [5, 5.41) is 9.03. The second-order valence-electron chi connectivity index (χ2n) is 6.65. The summed E-state index contributed by atoms with van der Waals surface area (Å²) in [6.45, 7) is 2.15. The summed E-state index contributed by atoms with van der Waals surface area (Å²) in [6, 6.07) is 11.0. The third-order valence-corrected chi connectivity index (χ3v) is 5.97. The van der Waals surface area contributed by atoms with Gasteiger partial charge in [0.25, 0.3) is 5.22 Å². The van der Waals surface area contributed by atoms with Crippen LogP contribution in [0.25, 0.3) is 22.6 Å². The van der Waals surface area contributed by atoms with Crippen LogP contribution in [0.2, 0.25) is 0 Å². The van der Waals surface area contributed by atoms with Crippen molar-refractivity contribution in [3.05, 3.63) is 36.4 Å². The van der Waals surface area contributed by atoms with Crippen molar-refractivity contribution in [2.75, 3.05) is 13.6 Å². The number of hydrogen-bond donors (Lipinski definition) is 1. The molecular weight excluding hydrogens is 410 g/mol. The van der Waals surface area contributed by atoms with E-state index in [1.807, 2.05) is 43.3 Å². The highest BCUT2D eigenvalue weighted by molar-refractivity contribution is 8.00. The predicted octanol–water partition coefficient (Wildman–Crippen LogP) is 4.42. The van der Waals surface area contributed by atoms with Gasteiger partial charge in [-0.3, -0.25) is 4.79 Å². The standard InChI is InChI=1S/C21H17NO7S/c1-2-17(20(23)24)30-21-22-18(11-3-5-13-15(7-11)27-9-25-13)19(29-21)12-4-6-14-16(8-12)28-10-26-14/h3-8,17H,2,9-10H2,1H3,(H,23,24). The van der Waals surface area contributed by atoms with Gasteiger partial charge in [0.15, 0.2) is 28.8 Å². The number of carboxylic acids is 1. The number of fused-ring (bicyclic) bond motifs is 2. The molecule has 0 saturated carbocycles. The molecule has 9 heteroatoms. The number of carbonyl (C=O) groups is 1. The molecule has 3 aromatic rings. The fraction of sp³-hybridized carbons (Fsp3) is 0.238. The molecule has 0 spiro atoms. The first-order chi connectivity index (χ1) is 14.6. The van der Waals surface area contributed by atoms with Crippen LogP contribution in [0.4, 0.5) is 0 Å². The SMILES string of the molecule is CCC(Sc1nc(-c2ccc3c(c2)OCO3)c(-c2ccc3c(c2)OCO3)o1)C(=O)O. The molecule has 0 aliphatic carbocycles. The minimum atomic E-state index is -0.907. The van der Waals surface area contributed by atoms with Crippen LogP contribution in [0.5, 0.6) is 23.0 Å². The van der Waals surface area contributed by atoms with Crippen molar-refractivity contribution in [2.45, 2.75) is 23.8 Å². The molecule has 154 valence electrons. The molecule has 0 fully saturated rings. The third kappa shape index (κ3) is 3.30. The molecule has 5 rings (SSSR count). The molecule has 1 unspecified atom stereocenters. The zero-order valence-electron chi connectivity index (χ0n) is 15.9. The molecule has 8 nitrogen and oxygen atoms in total. The van der Waals surface area contributed by atoms with E-state index in [4.69, 9.17) is 23.4 Å². The maximum absolute atomic E-state index is 11.5. The van der Waals surface area contributed by atoms with Crippen molar-refractivity contribution in [3.63, 3.8) is 0 Å². The van der Waals surface area contributed by atoms with Gasteiger partial charge in [-0.1, -0.05) is 18.7 Å². The highest BCUT2D eigenvalue weighted by Gasteiger charge is 2.25. The van der Waals surface area contributed by atoms with E-state index in [-0.39, 0.29) is 18.8 Å². The molecule has 30 heavy (non-hydrogen) atoms. The molecule has 0 radical (unpaired) electrons. The Labute approximate surface area is 175 Å². The molecule has 0 bridgehead atoms. The number of ether oxygens (including phenoxy) is 4. The Bertz CT molecular complexity index is 1050. The van der Waals surface area contributed by atoms with Gasteiger partial charge in [0.05, 0.1) is 0 Å². The normalized spacial score (nSPS) is 14.7. The number of oxazole rings is 1. The number of hydrogen-bond acceptors (Lipinski definition) is 8. The lowest BCUT2D eigenvalue weighted by Gasteiger charge is -2.05. The quantitative estimate of drug-likeness (QED) is 0.573. The zero-order chi connectivity index (χ0) is 20.7. The van der Waals surface area contributed by atoms with E-state index >= 15 is 0 Å². The number of thioether (sulfide) groups is 1. The van der Waals surface area contributed by atoms with E-state index in [1.54, 1.807) is 0 Å². The van der Waals surface area contributed by atoms with Crippen LogP contribution in [0.3, 0.4) is 0 Å². The summed E-state index contributed by atoms with van der Waals surface area (Å²) in [6.07, 6.45) is 0.446. The molecule has 0 saturated heterocycles. The van der Waals surface area contributed by atoms with Crippen molar-refractivity contribution in [1.29, 1.82) is 0 Å². The van der Waals surface area contributed by atoms with E-state index in [1.165, 1.54) is 0 Å². The van der Waals surface area contributed by atoms with E-state index in [9.17, 15) is 9.90 Å². The van der Waals surface area contributed by atoms with Crippen LogP contribution in [0.15, 0.2) is 46.0 Å². The molecule has 1 atom stereocenters. The largest absolute Gasteiger partial charge is 0.480 e. The van der Waals surface area contributed by atoms with Gasteiger partial charge in [0.1, 0.15) is 10.9 Å². The first kappa shape index (κ1) is 18.7. The highest BCUT2D eigenvalue weighted by atomic mass is 32.2. The maximum atomic E-state index is 11.5. The van der Waals surface area contributed by atoms with E-state index in [0.29, 0.717) is 40.9 Å². The van der Waals surface area contributed by atoms with Crippen LogP contribution in [-0.4, -0.2) is 34.9 Å². The van der Waals surface area contributed by atoms with Gasteiger partial charge < -0.3 is 28.5 Å². The van der Waals surface area contributed by atoms with Crippen molar-refractivity contribution >= 4 is 17.7 Å². The second kappa shape index (κ2) is 7.49. The number of aromatic nitrogens is 1. The van der Waals surface area contributed by atoms with Gasteiger partial charge in [0, 0.05) is 11.1 Å². The lowest BCUT2D eigenvalue weighted by atomic mass is 10.0. The summed E-state index contributed by atoms with van der Waals surface area (Å²) in [5.74, 6) is 2.17. The number of aliphatic carboxylic acids is 1. The first-order valence-electron chi connectivity index (χ1n) is 9.32. The Morgan fingerprint density at radius 1 is 1.00 bits per heavy atom. The lowest BCUT2D eigenvalue weighted by Crippen LogP contribution is -2.14. The zero-order valence-corrected chi connectivity index (χ0v) is 16.7. The van der Waals surface area contributed by atoms with E-state index in [2.05, 4.69) is 4.98 Å². The predicted molar refractivity (Wildman–Crippen MR) is 107 cm³/mol. The number of rotatable bonds is 6. The summed E-state index contributed by atoms with van der Waals surface area (Å²) in [5.41, 5.74) is 2.09. The van der Waals surface area contributed by atoms with Crippen molar-refractivity contribution < 1.29 is 33.3 Å². The Kier molecular flexibility index (Phi) is 4.66. The number of carboxylic acid groups (broad SMARTS) is 1. The smallest absolute Gasteiger partial charge is 0.317 e. The average Bonchev–Trinajstić information content (AvgIpc) is 3.49. The average molecular weight is 427 g/mol. The Hall–Kier alpha value is -3.33. The van der Waals surface area contributed by atoms with Gasteiger partial charge in [0.2, 0.25) is 13.6 Å². The van der Waals surface area contributed by atoms with Gasteiger partial charge in [-0.05, 0) is 42.8 Å². The second-order valence-corrected chi connectivity index (χ2v) is 7.80. The molecule has 2 aliphatic rings. The first-order valence-corrected chi connectivity index (χ1v) is 10.2. The van der Waals surface area contributed by atoms with Crippen LogP contribution in [-0.2, 0) is 4.79 Å². The van der Waals surface area contributed by atoms with Gasteiger partial charge in [-0.25, -0.2) is 4.98 Å². The van der Waals surface area contributed by atoms with Gasteiger partial charge in [-0.2, -0.15) is 0 Å². The molecule has 2 aromatic carbocycles. The third-order valence-electron chi connectivity index (χ3n) is 4.78. The van der Waals surface area contributed by atoms with Crippen molar-refractivity contribution in [2.24, 2.45) is 0 Å². The fourth-order valence-electron chi connectivity index (χ4n) is 3.25. The lowest BCUT2D eigenvalue weighted by molar-refractivity contribution is -0.136. The van der Waals surface area contributed by atoms with Crippen molar-refractivity contribution in [3.8, 4) is 45.6 Å². The number of benzene rings is 2. The monoisotopic (exact) mass is 427 g/mol. The topological polar surface area (TPSA) is 100 Å². The maximum Gasteiger partial charge on any atom is 0.317 e. The van der Waals surface area contributed by atoms with Crippen LogP contribution in [0.1, 0.15) is 13.3 Å². The summed E-state index contributed by atoms with van der Waals surface area (Å²) in [4.78, 5) is 16.1. The number of nitrogens with zero attached hydrogens (tertiary/aromatic N) is 1. The highest BCUT2D eigenvalue weighted by Crippen LogP contribution is 2.43. The van der Waals surface area contributed by atoms with E-state index < -0.39 is 11.2 Å². The van der Waals surface area contributed by atoms with E-state index in [0.717, 1.165) is 22.9 Å². The molecular formula is C21H17NO7S. The van der Waals surface area contributed by atoms with Gasteiger partial charge >= 0.3 is 5.97 Å². The molecule has 3 heterocycles. The van der Waals surface area contributed by atoms with Crippen LogP contribution < -0.4 is 18.9 Å².